The summed E-state index contributed by atoms with van der Waals surface area (Å²) < 4.78 is 39.4. The summed E-state index contributed by atoms with van der Waals surface area (Å²) in [6.45, 7) is 12.1. The summed E-state index contributed by atoms with van der Waals surface area (Å²) in [4.78, 5) is 98.9. The predicted molar refractivity (Wildman–Crippen MR) is 277 cm³/mol. The van der Waals surface area contributed by atoms with E-state index in [-0.39, 0.29) is 85.0 Å². The number of nitrogens with zero attached hydrogens (tertiary/aromatic N) is 3. The van der Waals surface area contributed by atoms with Crippen LogP contribution in [0.1, 0.15) is 137 Å². The van der Waals surface area contributed by atoms with Gasteiger partial charge >= 0.3 is 5.97 Å². The molecule has 0 aromatic heterocycles. The number of likely N-dealkylation sites (N-methyl/N-ethyl adjacent to an activating group) is 2. The summed E-state index contributed by atoms with van der Waals surface area (Å²) >= 11 is 0. The molecule has 2 heterocycles. The molecular weight excluding hydrogens is 941 g/mol. The van der Waals surface area contributed by atoms with Crippen LogP contribution in [0.4, 0.5) is 0 Å². The van der Waals surface area contributed by atoms with Gasteiger partial charge in [-0.1, -0.05) is 84.7 Å². The number of fused-ring (bicyclic) bond motifs is 2. The highest BCUT2D eigenvalue weighted by atomic mass is 32.2. The minimum absolute atomic E-state index is 0.0108. The molecular formula is C55H88N4O12S. The third-order valence-corrected chi connectivity index (χ3v) is 18.0. The van der Waals surface area contributed by atoms with Gasteiger partial charge in [0.15, 0.2) is 15.6 Å². The number of sulfone groups is 1. The molecule has 2 saturated heterocycles. The van der Waals surface area contributed by atoms with Crippen molar-refractivity contribution >= 4 is 50.9 Å². The Morgan fingerprint density at radius 3 is 2.18 bits per heavy atom. The summed E-state index contributed by atoms with van der Waals surface area (Å²) in [6.07, 6.45) is 5.58. The van der Waals surface area contributed by atoms with Crippen LogP contribution in [0.25, 0.3) is 0 Å². The second kappa shape index (κ2) is 28.6. The largest absolute Gasteiger partial charge is 0.481 e. The van der Waals surface area contributed by atoms with E-state index in [0.717, 1.165) is 31.2 Å². The zero-order valence-electron chi connectivity index (χ0n) is 45.0. The van der Waals surface area contributed by atoms with Crippen LogP contribution in [0.3, 0.4) is 0 Å². The van der Waals surface area contributed by atoms with Crippen molar-refractivity contribution in [2.75, 3.05) is 52.9 Å². The van der Waals surface area contributed by atoms with Crippen molar-refractivity contribution in [2.24, 2.45) is 41.4 Å². The highest BCUT2D eigenvalue weighted by Crippen LogP contribution is 2.43. The van der Waals surface area contributed by atoms with Crippen molar-refractivity contribution in [3.8, 4) is 0 Å². The van der Waals surface area contributed by atoms with Crippen molar-refractivity contribution in [3.63, 3.8) is 0 Å². The zero-order valence-corrected chi connectivity index (χ0v) is 45.8. The average molecular weight is 1030 g/mol. The summed E-state index contributed by atoms with van der Waals surface area (Å²) in [5, 5.41) is 11.6. The molecule has 2 aliphatic heterocycles. The minimum atomic E-state index is -3.92. The van der Waals surface area contributed by atoms with Gasteiger partial charge in [0.25, 0.3) is 0 Å². The number of Topliss-reactive ketones (excluding diaryl/α,β-unsaturated/α-hetero) is 3. The van der Waals surface area contributed by atoms with Crippen molar-refractivity contribution in [2.45, 2.75) is 174 Å². The highest BCUT2D eigenvalue weighted by molar-refractivity contribution is 7.92. The second-order valence-electron chi connectivity index (χ2n) is 21.9. The highest BCUT2D eigenvalue weighted by Gasteiger charge is 2.48. The summed E-state index contributed by atoms with van der Waals surface area (Å²) in [5.74, 6) is -5.52. The lowest BCUT2D eigenvalue weighted by Gasteiger charge is -2.41. The van der Waals surface area contributed by atoms with E-state index in [9.17, 15) is 42.0 Å². The van der Waals surface area contributed by atoms with E-state index in [0.29, 0.717) is 63.6 Å². The number of carboxylic acids is 1. The lowest BCUT2D eigenvalue weighted by molar-refractivity contribution is -0.149. The molecule has 4 rings (SSSR count). The van der Waals surface area contributed by atoms with E-state index in [1.807, 2.05) is 58.2 Å². The number of likely N-dealkylation sites (tertiary alicyclic amines) is 2. The molecule has 1 aromatic rings. The predicted octanol–water partition coefficient (Wildman–Crippen LogP) is 6.21. The fraction of sp³-hybridized carbons (Fsp3) is 0.764. The van der Waals surface area contributed by atoms with Crippen LogP contribution < -0.4 is 5.32 Å². The number of carboxylic acid groups (broad SMARTS) is 1. The van der Waals surface area contributed by atoms with E-state index < -0.39 is 75.3 Å². The van der Waals surface area contributed by atoms with Crippen LogP contribution in [-0.4, -0.2) is 159 Å². The van der Waals surface area contributed by atoms with Gasteiger partial charge in [-0.05, 0) is 87.6 Å². The summed E-state index contributed by atoms with van der Waals surface area (Å²) in [6, 6.07) is 8.70. The first kappa shape index (κ1) is 60.5. The Morgan fingerprint density at radius 2 is 1.58 bits per heavy atom. The molecule has 1 aliphatic carbocycles. The SMILES string of the molecule is CC[C@H](C)[C@@H]([C@@H](CC(=O)N1CCC[C@H]1[C@H](OC)[C@@H](C)C(=O)C[C@@H](Cc1ccccc1)CS(=O)(=O)CC(=O)CCCCCNC(=O)C(C)CC(=O)O)OC)N(C)C(=O)[C@@H](CC(=O)[C@@H]1[C@H]2CC[C@H](C2)N1C)C(C)C. The Bertz CT molecular complexity index is 2080. The Balaban J connectivity index is 1.40. The molecule has 1 saturated carbocycles. The first-order valence-corrected chi connectivity index (χ1v) is 28.5. The molecule has 0 radical (unpaired) electrons. The fourth-order valence-corrected chi connectivity index (χ4v) is 13.7. The van der Waals surface area contributed by atoms with Gasteiger partial charge in [-0.15, -0.1) is 0 Å². The van der Waals surface area contributed by atoms with Crippen LogP contribution in [0.2, 0.25) is 0 Å². The number of unbranched alkanes of at least 4 members (excludes halogenated alkanes) is 2. The summed E-state index contributed by atoms with van der Waals surface area (Å²) in [5.41, 5.74) is 0.859. The van der Waals surface area contributed by atoms with E-state index >= 15 is 0 Å². The van der Waals surface area contributed by atoms with Gasteiger partial charge in [-0.25, -0.2) is 8.42 Å². The maximum Gasteiger partial charge on any atom is 0.304 e. The molecule has 3 amide bonds. The van der Waals surface area contributed by atoms with Crippen LogP contribution in [-0.2, 0) is 59.3 Å². The molecule has 72 heavy (non-hydrogen) atoms. The molecule has 0 spiro atoms. The number of piperidine rings is 1. The zero-order chi connectivity index (χ0) is 53.4. The van der Waals surface area contributed by atoms with Crippen molar-refractivity contribution in [1.82, 2.24) is 20.0 Å². The van der Waals surface area contributed by atoms with Gasteiger partial charge in [0.2, 0.25) is 17.7 Å². The Morgan fingerprint density at radius 1 is 0.889 bits per heavy atom. The van der Waals surface area contributed by atoms with Crippen LogP contribution in [0, 0.1) is 41.4 Å². The maximum absolute atomic E-state index is 14.5. The Kier molecular flexibility index (Phi) is 24.0. The van der Waals surface area contributed by atoms with Gasteiger partial charge in [-0.3, -0.25) is 38.5 Å². The van der Waals surface area contributed by atoms with E-state index in [4.69, 9.17) is 14.6 Å². The van der Waals surface area contributed by atoms with Crippen molar-refractivity contribution in [3.05, 3.63) is 35.9 Å². The van der Waals surface area contributed by atoms with E-state index in [1.54, 1.807) is 30.9 Å². The molecule has 16 nitrogen and oxygen atoms in total. The monoisotopic (exact) mass is 1030 g/mol. The number of methoxy groups -OCH3 is 2. The van der Waals surface area contributed by atoms with Crippen LogP contribution >= 0.6 is 0 Å². The molecule has 3 aliphatic rings. The van der Waals surface area contributed by atoms with Crippen LogP contribution in [0.15, 0.2) is 30.3 Å². The number of carbonyl (C=O) groups is 7. The quantitative estimate of drug-likeness (QED) is 0.0751. The number of rotatable bonds is 33. The number of hydrogen-bond donors (Lipinski definition) is 2. The number of ketones is 3. The van der Waals surface area contributed by atoms with Crippen LogP contribution in [0.5, 0.6) is 0 Å². The molecule has 12 atom stereocenters. The molecule has 2 bridgehead atoms. The molecule has 1 unspecified atom stereocenters. The van der Waals surface area contributed by atoms with Crippen molar-refractivity contribution < 1.29 is 56.6 Å². The van der Waals surface area contributed by atoms with E-state index in [2.05, 4.69) is 17.1 Å². The standard InChI is InChI=1S/C55H88N4O12S/c1-11-36(4)51(58(8)55(67)44(35(2)3)31-47(62)52-41-23-24-42(30-41)57(52)7)48(70-9)32-49(63)59-26-18-22-45(59)53(71-10)38(6)46(61)29-40(28-39-19-14-12-15-20-39)33-72(68,69)34-43(60)21-16-13-17-25-56-54(66)37(5)27-50(64)65/h12,14-15,19-20,35-38,40-42,44-45,48,51-53H,11,13,16-18,21-34H2,1-10H3,(H,56,66)(H,64,65)/t36-,37?,38-,40+,41-,42+,44-,45-,48+,51-,52-,53+/m0/s1. The third kappa shape index (κ3) is 17.0. The average Bonchev–Trinajstić information content (AvgIpc) is 4.09. The number of aliphatic carboxylic acids is 1. The van der Waals surface area contributed by atoms with Crippen molar-refractivity contribution in [1.29, 1.82) is 0 Å². The molecule has 3 fully saturated rings. The minimum Gasteiger partial charge on any atom is -0.481 e. The lowest BCUT2D eigenvalue weighted by Crippen LogP contribution is -2.54. The van der Waals surface area contributed by atoms with E-state index in [1.165, 1.54) is 14.0 Å². The Labute approximate surface area is 430 Å². The van der Waals surface area contributed by atoms with Gasteiger partial charge in [0.05, 0.1) is 48.9 Å². The van der Waals surface area contributed by atoms with Gasteiger partial charge < -0.3 is 29.7 Å². The number of benzene rings is 1. The third-order valence-electron chi connectivity index (χ3n) is 16.2. The number of ether oxygens (including phenoxy) is 2. The second-order valence-corrected chi connectivity index (χ2v) is 24.0. The number of carbonyl (C=O) groups excluding carboxylic acids is 6. The van der Waals surface area contributed by atoms with Gasteiger partial charge in [0.1, 0.15) is 17.3 Å². The lowest BCUT2D eigenvalue weighted by atomic mass is 9.83. The smallest absolute Gasteiger partial charge is 0.304 e. The molecule has 1 aromatic carbocycles. The molecule has 2 N–H and O–H groups in total. The summed E-state index contributed by atoms with van der Waals surface area (Å²) in [7, 11) is 2.97. The Hall–Kier alpha value is -4.06. The first-order valence-electron chi connectivity index (χ1n) is 26.7. The fourth-order valence-electron chi connectivity index (χ4n) is 12.0. The number of hydrogen-bond acceptors (Lipinski definition) is 12. The first-order chi connectivity index (χ1) is 34.0. The topological polar surface area (TPSA) is 214 Å². The molecule has 406 valence electrons. The normalized spacial score (nSPS) is 22.4. The van der Waals surface area contributed by atoms with Gasteiger partial charge in [-0.2, -0.15) is 0 Å². The maximum atomic E-state index is 14.5. The number of amides is 3. The van der Waals surface area contributed by atoms with Gasteiger partial charge in [0, 0.05) is 77.4 Å². The molecule has 17 heteroatoms. The number of nitrogens with one attached hydrogen (secondary N) is 1.